The normalized spacial score (nSPS) is 26.8. The molecular weight excluding hydrogens is 314 g/mol. The summed E-state index contributed by atoms with van der Waals surface area (Å²) in [6, 6.07) is 0. The van der Waals surface area contributed by atoms with Crippen molar-refractivity contribution in [2.45, 2.75) is 72.0 Å². The Morgan fingerprint density at radius 3 is 2.16 bits per heavy atom. The highest BCUT2D eigenvalue weighted by molar-refractivity contribution is 5.83. The third-order valence-electron chi connectivity index (χ3n) is 6.45. The van der Waals surface area contributed by atoms with Gasteiger partial charge in [0.1, 0.15) is 0 Å². The molecule has 2 atom stereocenters. The van der Waals surface area contributed by atoms with Crippen molar-refractivity contribution in [1.29, 1.82) is 0 Å². The second-order valence-corrected chi connectivity index (χ2v) is 8.23. The molecule has 2 unspecified atom stereocenters. The standard InChI is InChI=1S/C20H39N3O2/c1-5-20(6-2,15-21)19(24)23-11-8-18(9-12-23)7-10-22-13-16(3)25-17(4)14-22/h16-18H,5-15,21H2,1-4H3. The fourth-order valence-corrected chi connectivity index (χ4v) is 4.52. The molecule has 0 aliphatic carbocycles. The molecule has 0 aromatic rings. The number of nitrogens with zero attached hydrogens (tertiary/aromatic N) is 2. The predicted octanol–water partition coefficient (Wildman–Crippen LogP) is 2.49. The second-order valence-electron chi connectivity index (χ2n) is 8.23. The average Bonchev–Trinajstić information content (AvgIpc) is 2.61. The molecule has 2 heterocycles. The van der Waals surface area contributed by atoms with E-state index < -0.39 is 0 Å². The highest BCUT2D eigenvalue weighted by Crippen LogP contribution is 2.30. The van der Waals surface area contributed by atoms with Crippen LogP contribution < -0.4 is 5.73 Å². The Bertz CT molecular complexity index is 399. The maximum Gasteiger partial charge on any atom is 0.230 e. The minimum Gasteiger partial charge on any atom is -0.373 e. The number of carbonyl (C=O) groups is 1. The average molecular weight is 354 g/mol. The number of morpholine rings is 1. The van der Waals surface area contributed by atoms with Crippen LogP contribution in [0.3, 0.4) is 0 Å². The Labute approximate surface area is 154 Å². The summed E-state index contributed by atoms with van der Waals surface area (Å²) >= 11 is 0. The number of ether oxygens (including phenoxy) is 1. The zero-order valence-electron chi connectivity index (χ0n) is 16.8. The topological polar surface area (TPSA) is 58.8 Å². The largest absolute Gasteiger partial charge is 0.373 e. The van der Waals surface area contributed by atoms with Gasteiger partial charge in [0, 0.05) is 32.7 Å². The molecule has 2 fully saturated rings. The predicted molar refractivity (Wildman–Crippen MR) is 102 cm³/mol. The first-order valence-corrected chi connectivity index (χ1v) is 10.3. The summed E-state index contributed by atoms with van der Waals surface area (Å²) in [5.74, 6) is 1.03. The Morgan fingerprint density at radius 2 is 1.68 bits per heavy atom. The van der Waals surface area contributed by atoms with E-state index in [1.807, 2.05) is 0 Å². The van der Waals surface area contributed by atoms with E-state index in [4.69, 9.17) is 10.5 Å². The van der Waals surface area contributed by atoms with Gasteiger partial charge in [0.15, 0.2) is 0 Å². The van der Waals surface area contributed by atoms with Crippen LogP contribution in [0, 0.1) is 11.3 Å². The lowest BCUT2D eigenvalue weighted by Gasteiger charge is -2.40. The molecule has 0 aromatic heterocycles. The highest BCUT2D eigenvalue weighted by atomic mass is 16.5. The zero-order chi connectivity index (χ0) is 18.4. The summed E-state index contributed by atoms with van der Waals surface area (Å²) in [5.41, 5.74) is 5.61. The Morgan fingerprint density at radius 1 is 1.12 bits per heavy atom. The van der Waals surface area contributed by atoms with Crippen molar-refractivity contribution in [3.63, 3.8) is 0 Å². The fourth-order valence-electron chi connectivity index (χ4n) is 4.52. The van der Waals surface area contributed by atoms with E-state index in [9.17, 15) is 4.79 Å². The third-order valence-corrected chi connectivity index (χ3v) is 6.45. The first-order valence-electron chi connectivity index (χ1n) is 10.3. The fraction of sp³-hybridized carbons (Fsp3) is 0.950. The van der Waals surface area contributed by atoms with E-state index in [1.54, 1.807) is 0 Å². The lowest BCUT2D eigenvalue weighted by molar-refractivity contribution is -0.143. The Balaban J connectivity index is 1.77. The van der Waals surface area contributed by atoms with Gasteiger partial charge >= 0.3 is 0 Å². The maximum absolute atomic E-state index is 12.9. The van der Waals surface area contributed by atoms with Gasteiger partial charge in [0.2, 0.25) is 5.91 Å². The van der Waals surface area contributed by atoms with Crippen molar-refractivity contribution in [3.05, 3.63) is 0 Å². The van der Waals surface area contributed by atoms with E-state index >= 15 is 0 Å². The van der Waals surface area contributed by atoms with Crippen LogP contribution in [0.15, 0.2) is 0 Å². The van der Waals surface area contributed by atoms with Crippen molar-refractivity contribution in [2.24, 2.45) is 17.1 Å². The van der Waals surface area contributed by atoms with Crippen LogP contribution in [-0.4, -0.2) is 67.2 Å². The van der Waals surface area contributed by atoms with Gasteiger partial charge in [-0.25, -0.2) is 0 Å². The van der Waals surface area contributed by atoms with Crippen molar-refractivity contribution in [2.75, 3.05) is 39.3 Å². The van der Waals surface area contributed by atoms with Gasteiger partial charge in [-0.1, -0.05) is 13.8 Å². The molecule has 5 heteroatoms. The molecule has 1 amide bonds. The van der Waals surface area contributed by atoms with E-state index in [1.165, 1.54) is 6.42 Å². The van der Waals surface area contributed by atoms with Gasteiger partial charge in [0.25, 0.3) is 0 Å². The minimum atomic E-state index is -0.340. The highest BCUT2D eigenvalue weighted by Gasteiger charge is 2.38. The third kappa shape index (κ3) is 5.18. The SMILES string of the molecule is CCC(CC)(CN)C(=O)N1CCC(CCN2CC(C)OC(C)C2)CC1. The number of hydrogen-bond donors (Lipinski definition) is 1. The minimum absolute atomic E-state index is 0.286. The van der Waals surface area contributed by atoms with Crippen molar-refractivity contribution in [1.82, 2.24) is 9.80 Å². The molecule has 0 radical (unpaired) electrons. The van der Waals surface area contributed by atoms with Crippen LogP contribution in [0.4, 0.5) is 0 Å². The number of piperidine rings is 1. The first-order chi connectivity index (χ1) is 11.9. The lowest BCUT2D eigenvalue weighted by Crippen LogP contribution is -2.50. The summed E-state index contributed by atoms with van der Waals surface area (Å²) < 4.78 is 5.82. The van der Waals surface area contributed by atoms with Gasteiger partial charge in [0.05, 0.1) is 17.6 Å². The summed E-state index contributed by atoms with van der Waals surface area (Å²) in [6.45, 7) is 14.0. The van der Waals surface area contributed by atoms with Crippen molar-refractivity contribution in [3.8, 4) is 0 Å². The molecule has 0 saturated carbocycles. The lowest BCUT2D eigenvalue weighted by atomic mass is 9.80. The van der Waals surface area contributed by atoms with Gasteiger partial charge in [-0.3, -0.25) is 9.69 Å². The number of rotatable bonds is 7. The molecule has 25 heavy (non-hydrogen) atoms. The molecular formula is C20H39N3O2. The van der Waals surface area contributed by atoms with Crippen LogP contribution in [0.25, 0.3) is 0 Å². The maximum atomic E-state index is 12.9. The molecule has 2 N–H and O–H groups in total. The van der Waals surface area contributed by atoms with Crippen LogP contribution in [0.2, 0.25) is 0 Å². The number of amides is 1. The molecule has 2 saturated heterocycles. The smallest absolute Gasteiger partial charge is 0.230 e. The summed E-state index contributed by atoms with van der Waals surface area (Å²) in [4.78, 5) is 17.5. The summed E-state index contributed by atoms with van der Waals surface area (Å²) in [6.07, 6.45) is 5.87. The van der Waals surface area contributed by atoms with Gasteiger partial charge in [-0.05, 0) is 58.4 Å². The molecule has 0 spiro atoms. The number of carbonyl (C=O) groups excluding carboxylic acids is 1. The molecule has 2 rings (SSSR count). The second kappa shape index (κ2) is 9.33. The van der Waals surface area contributed by atoms with E-state index in [2.05, 4.69) is 37.5 Å². The monoisotopic (exact) mass is 353 g/mol. The Hall–Kier alpha value is -0.650. The molecule has 146 valence electrons. The number of likely N-dealkylation sites (tertiary alicyclic amines) is 1. The number of hydrogen-bond acceptors (Lipinski definition) is 4. The first kappa shape index (κ1) is 20.7. The van der Waals surface area contributed by atoms with Crippen LogP contribution in [-0.2, 0) is 9.53 Å². The quantitative estimate of drug-likeness (QED) is 0.764. The van der Waals surface area contributed by atoms with Gasteiger partial charge in [-0.15, -0.1) is 0 Å². The van der Waals surface area contributed by atoms with E-state index in [0.29, 0.717) is 18.8 Å². The van der Waals surface area contributed by atoms with Crippen LogP contribution in [0.5, 0.6) is 0 Å². The number of nitrogens with two attached hydrogens (primary N) is 1. The summed E-state index contributed by atoms with van der Waals surface area (Å²) in [5, 5.41) is 0. The molecule has 0 bridgehead atoms. The van der Waals surface area contributed by atoms with Crippen LogP contribution >= 0.6 is 0 Å². The Kier molecular flexibility index (Phi) is 7.71. The van der Waals surface area contributed by atoms with Gasteiger partial charge < -0.3 is 15.4 Å². The van der Waals surface area contributed by atoms with Gasteiger partial charge in [-0.2, -0.15) is 0 Å². The summed E-state index contributed by atoms with van der Waals surface area (Å²) in [7, 11) is 0. The molecule has 2 aliphatic rings. The van der Waals surface area contributed by atoms with E-state index in [-0.39, 0.29) is 11.3 Å². The van der Waals surface area contributed by atoms with Crippen molar-refractivity contribution < 1.29 is 9.53 Å². The van der Waals surface area contributed by atoms with E-state index in [0.717, 1.165) is 64.3 Å². The van der Waals surface area contributed by atoms with Crippen LogP contribution in [0.1, 0.15) is 59.8 Å². The molecule has 2 aliphatic heterocycles. The zero-order valence-corrected chi connectivity index (χ0v) is 16.8. The molecule has 5 nitrogen and oxygen atoms in total. The van der Waals surface area contributed by atoms with Crippen molar-refractivity contribution >= 4 is 5.91 Å². The molecule has 0 aromatic carbocycles.